The molecule has 0 saturated heterocycles. The number of hydrogen-bond acceptors (Lipinski definition) is 4. The second-order valence-electron chi connectivity index (χ2n) is 4.17. The number of halogens is 1. The average Bonchev–Trinajstić information content (AvgIpc) is 2.46. The van der Waals surface area contributed by atoms with E-state index in [0.29, 0.717) is 12.4 Å². The summed E-state index contributed by atoms with van der Waals surface area (Å²) in [7, 11) is 0. The second kappa shape index (κ2) is 7.08. The van der Waals surface area contributed by atoms with Gasteiger partial charge in [0, 0.05) is 22.4 Å². The minimum absolute atomic E-state index is 0.0731. The Kier molecular flexibility index (Phi) is 5.16. The number of carbonyl (C=O) groups is 1. The molecule has 0 aliphatic heterocycles. The van der Waals surface area contributed by atoms with Gasteiger partial charge in [-0.1, -0.05) is 6.07 Å². The summed E-state index contributed by atoms with van der Waals surface area (Å²) in [5.41, 5.74) is 0.899. The van der Waals surface area contributed by atoms with Gasteiger partial charge in [-0.25, -0.2) is 4.79 Å². The highest BCUT2D eigenvalue weighted by Gasteiger charge is 2.16. The van der Waals surface area contributed by atoms with E-state index in [0.717, 1.165) is 10.0 Å². The Morgan fingerprint density at radius 2 is 2.14 bits per heavy atom. The molecule has 1 N–H and O–H groups in total. The van der Waals surface area contributed by atoms with Crippen molar-refractivity contribution >= 4 is 21.9 Å². The van der Waals surface area contributed by atoms with Gasteiger partial charge in [-0.2, -0.15) is 0 Å². The number of nitrogens with zero attached hydrogens (tertiary/aromatic N) is 1. The average molecular weight is 352 g/mol. The monoisotopic (exact) mass is 351 g/mol. The zero-order chi connectivity index (χ0) is 15.2. The van der Waals surface area contributed by atoms with Gasteiger partial charge in [-0.15, -0.1) is 0 Å². The van der Waals surface area contributed by atoms with Gasteiger partial charge >= 0.3 is 5.97 Å². The highest BCUT2D eigenvalue weighted by molar-refractivity contribution is 9.10. The number of para-hydroxylation sites is 1. The summed E-state index contributed by atoms with van der Waals surface area (Å²) in [6.07, 6.45) is 3.33. The molecule has 110 valence electrons. The molecule has 0 bridgehead atoms. The number of aromatic carboxylic acids is 1. The number of pyridine rings is 1. The van der Waals surface area contributed by atoms with Crippen LogP contribution in [0, 0.1) is 0 Å². The van der Waals surface area contributed by atoms with Crippen molar-refractivity contribution in [1.82, 2.24) is 4.98 Å². The smallest absolute Gasteiger partial charge is 0.339 e. The van der Waals surface area contributed by atoms with Crippen LogP contribution < -0.4 is 9.47 Å². The number of carboxylic acid groups (broad SMARTS) is 1. The van der Waals surface area contributed by atoms with E-state index < -0.39 is 5.97 Å². The Balaban J connectivity index is 2.26. The van der Waals surface area contributed by atoms with Crippen molar-refractivity contribution in [3.05, 3.63) is 52.3 Å². The standard InChI is InChI=1S/C15H14BrNO4/c1-2-20-13-5-3-4-12(15(18)19)14(13)21-9-10-6-11(16)8-17-7-10/h3-8H,2,9H2,1H3,(H,18,19). The van der Waals surface area contributed by atoms with E-state index in [1.165, 1.54) is 6.07 Å². The molecule has 1 aromatic heterocycles. The maximum absolute atomic E-state index is 11.3. The Morgan fingerprint density at radius 1 is 1.33 bits per heavy atom. The van der Waals surface area contributed by atoms with E-state index >= 15 is 0 Å². The zero-order valence-corrected chi connectivity index (χ0v) is 13.0. The number of carboxylic acids is 1. The number of benzene rings is 1. The van der Waals surface area contributed by atoms with Crippen LogP contribution in [-0.2, 0) is 6.61 Å². The minimum atomic E-state index is -1.06. The van der Waals surface area contributed by atoms with E-state index in [2.05, 4.69) is 20.9 Å². The van der Waals surface area contributed by atoms with Crippen LogP contribution in [0.3, 0.4) is 0 Å². The number of hydrogen-bond donors (Lipinski definition) is 1. The molecule has 1 aromatic carbocycles. The summed E-state index contributed by atoms with van der Waals surface area (Å²) in [4.78, 5) is 15.3. The summed E-state index contributed by atoms with van der Waals surface area (Å²) in [5.74, 6) is -0.411. The Morgan fingerprint density at radius 3 is 2.81 bits per heavy atom. The molecule has 0 spiro atoms. The van der Waals surface area contributed by atoms with Crippen molar-refractivity contribution in [3.63, 3.8) is 0 Å². The van der Waals surface area contributed by atoms with Gasteiger partial charge in [-0.05, 0) is 41.1 Å². The molecule has 0 radical (unpaired) electrons. The number of aromatic nitrogens is 1. The van der Waals surface area contributed by atoms with Crippen molar-refractivity contribution in [2.45, 2.75) is 13.5 Å². The van der Waals surface area contributed by atoms with Crippen LogP contribution in [0.1, 0.15) is 22.8 Å². The largest absolute Gasteiger partial charge is 0.490 e. The topological polar surface area (TPSA) is 68.7 Å². The van der Waals surface area contributed by atoms with E-state index in [1.54, 1.807) is 24.5 Å². The van der Waals surface area contributed by atoms with Crippen molar-refractivity contribution in [2.75, 3.05) is 6.61 Å². The van der Waals surface area contributed by atoms with Gasteiger partial charge in [0.05, 0.1) is 6.61 Å². The molecule has 21 heavy (non-hydrogen) atoms. The summed E-state index contributed by atoms with van der Waals surface area (Å²) in [6.45, 7) is 2.46. The lowest BCUT2D eigenvalue weighted by molar-refractivity contribution is 0.0690. The third-order valence-corrected chi connectivity index (χ3v) is 3.09. The van der Waals surface area contributed by atoms with Gasteiger partial charge in [0.15, 0.2) is 11.5 Å². The first-order valence-electron chi connectivity index (χ1n) is 6.33. The molecule has 0 unspecified atom stereocenters. The molecule has 0 atom stereocenters. The second-order valence-corrected chi connectivity index (χ2v) is 5.09. The molecule has 1 heterocycles. The molecular weight excluding hydrogens is 338 g/mol. The van der Waals surface area contributed by atoms with E-state index in [4.69, 9.17) is 9.47 Å². The number of rotatable bonds is 6. The van der Waals surface area contributed by atoms with Gasteiger partial charge in [-0.3, -0.25) is 4.98 Å². The maximum atomic E-state index is 11.3. The fourth-order valence-corrected chi connectivity index (χ4v) is 2.20. The Bertz CT molecular complexity index is 645. The molecule has 0 amide bonds. The highest BCUT2D eigenvalue weighted by atomic mass is 79.9. The van der Waals surface area contributed by atoms with Crippen molar-refractivity contribution < 1.29 is 19.4 Å². The van der Waals surface area contributed by atoms with Gasteiger partial charge in [0.25, 0.3) is 0 Å². The van der Waals surface area contributed by atoms with E-state index in [-0.39, 0.29) is 17.9 Å². The fraction of sp³-hybridized carbons (Fsp3) is 0.200. The molecule has 0 aliphatic rings. The molecule has 0 saturated carbocycles. The first-order chi connectivity index (χ1) is 10.1. The summed E-state index contributed by atoms with van der Waals surface area (Å²) in [6, 6.07) is 6.66. The summed E-state index contributed by atoms with van der Waals surface area (Å²) in [5, 5.41) is 9.24. The zero-order valence-electron chi connectivity index (χ0n) is 11.4. The first kappa shape index (κ1) is 15.3. The Labute approximate surface area is 130 Å². The van der Waals surface area contributed by atoms with Crippen LogP contribution in [0.4, 0.5) is 0 Å². The van der Waals surface area contributed by atoms with E-state index in [9.17, 15) is 9.90 Å². The molecule has 2 aromatic rings. The van der Waals surface area contributed by atoms with Crippen LogP contribution in [0.2, 0.25) is 0 Å². The lowest BCUT2D eigenvalue weighted by atomic mass is 10.2. The van der Waals surface area contributed by atoms with Crippen LogP contribution in [-0.4, -0.2) is 22.7 Å². The van der Waals surface area contributed by atoms with Gasteiger partial charge < -0.3 is 14.6 Å². The normalized spacial score (nSPS) is 10.2. The van der Waals surface area contributed by atoms with Gasteiger partial charge in [0.2, 0.25) is 0 Å². The van der Waals surface area contributed by atoms with Crippen molar-refractivity contribution in [1.29, 1.82) is 0 Å². The lowest BCUT2D eigenvalue weighted by Crippen LogP contribution is -2.06. The maximum Gasteiger partial charge on any atom is 0.339 e. The molecule has 0 aliphatic carbocycles. The van der Waals surface area contributed by atoms with Crippen molar-refractivity contribution in [2.24, 2.45) is 0 Å². The molecule has 5 nitrogen and oxygen atoms in total. The minimum Gasteiger partial charge on any atom is -0.490 e. The summed E-state index contributed by atoms with van der Waals surface area (Å²) >= 11 is 3.33. The van der Waals surface area contributed by atoms with Crippen LogP contribution in [0.15, 0.2) is 41.1 Å². The van der Waals surface area contributed by atoms with Crippen LogP contribution in [0.5, 0.6) is 11.5 Å². The molecule has 2 rings (SSSR count). The highest BCUT2D eigenvalue weighted by Crippen LogP contribution is 2.32. The molecular formula is C15H14BrNO4. The van der Waals surface area contributed by atoms with E-state index in [1.807, 2.05) is 13.0 Å². The lowest BCUT2D eigenvalue weighted by Gasteiger charge is -2.14. The van der Waals surface area contributed by atoms with Crippen LogP contribution in [0.25, 0.3) is 0 Å². The molecule has 0 fully saturated rings. The predicted octanol–water partition coefficient (Wildman–Crippen LogP) is 3.52. The Hall–Kier alpha value is -2.08. The predicted molar refractivity (Wildman–Crippen MR) is 80.8 cm³/mol. The fourth-order valence-electron chi connectivity index (χ4n) is 1.79. The van der Waals surface area contributed by atoms with Crippen LogP contribution >= 0.6 is 15.9 Å². The summed E-state index contributed by atoms with van der Waals surface area (Å²) < 4.78 is 11.9. The SMILES string of the molecule is CCOc1cccc(C(=O)O)c1OCc1cncc(Br)c1. The third kappa shape index (κ3) is 3.95. The number of ether oxygens (including phenoxy) is 2. The van der Waals surface area contributed by atoms with Crippen molar-refractivity contribution in [3.8, 4) is 11.5 Å². The molecule has 6 heteroatoms. The van der Waals surface area contributed by atoms with Gasteiger partial charge in [0.1, 0.15) is 12.2 Å². The quantitative estimate of drug-likeness (QED) is 0.862. The first-order valence-corrected chi connectivity index (χ1v) is 7.12. The third-order valence-electron chi connectivity index (χ3n) is 2.65.